The Labute approximate surface area is 92.5 Å². The third-order valence-electron chi connectivity index (χ3n) is 2.29. The Bertz CT molecular complexity index is 358. The summed E-state index contributed by atoms with van der Waals surface area (Å²) in [6, 6.07) is 6.01. The summed E-state index contributed by atoms with van der Waals surface area (Å²) in [5.41, 5.74) is 2.09. The molecule has 0 radical (unpaired) electrons. The maximum absolute atomic E-state index is 5.63. The van der Waals surface area contributed by atoms with Crippen LogP contribution in [0.3, 0.4) is 0 Å². The normalized spacial score (nSPS) is 10.1. The molecule has 0 aromatic heterocycles. The van der Waals surface area contributed by atoms with Gasteiger partial charge in [-0.05, 0) is 24.0 Å². The van der Waals surface area contributed by atoms with Gasteiger partial charge in [0, 0.05) is 0 Å². The van der Waals surface area contributed by atoms with E-state index in [1.807, 2.05) is 12.1 Å². The monoisotopic (exact) mass is 202 g/mol. The highest BCUT2D eigenvalue weighted by atomic mass is 16.5. The molecule has 0 amide bonds. The molecule has 0 fully saturated rings. The molecule has 0 N–H and O–H groups in total. The lowest BCUT2D eigenvalue weighted by Gasteiger charge is -2.13. The molecule has 15 heavy (non-hydrogen) atoms. The fraction of sp³-hybridized carbons (Fsp3) is 0.429. The minimum absolute atomic E-state index is 0.432. The number of hydrogen-bond donors (Lipinski definition) is 0. The fourth-order valence-electron chi connectivity index (χ4n) is 1.52. The molecule has 0 spiro atoms. The van der Waals surface area contributed by atoms with Crippen molar-refractivity contribution in [2.45, 2.75) is 33.1 Å². The Kier molecular flexibility index (Phi) is 4.24. The van der Waals surface area contributed by atoms with E-state index in [4.69, 9.17) is 11.2 Å². The van der Waals surface area contributed by atoms with Crippen LogP contribution in [0.4, 0.5) is 0 Å². The van der Waals surface area contributed by atoms with Gasteiger partial charge in [0.05, 0.1) is 12.2 Å². The largest absolute Gasteiger partial charge is 0.492 e. The van der Waals surface area contributed by atoms with Gasteiger partial charge in [-0.25, -0.2) is 0 Å². The lowest BCUT2D eigenvalue weighted by molar-refractivity contribution is 0.316. The molecule has 0 unspecified atom stereocenters. The second-order valence-electron chi connectivity index (χ2n) is 3.87. The molecular formula is C14H18O. The molecule has 1 rings (SSSR count). The van der Waals surface area contributed by atoms with Crippen LogP contribution in [0.15, 0.2) is 18.2 Å². The summed E-state index contributed by atoms with van der Waals surface area (Å²) in [7, 11) is 0. The van der Waals surface area contributed by atoms with Gasteiger partial charge in [-0.2, -0.15) is 0 Å². The third kappa shape index (κ3) is 2.76. The van der Waals surface area contributed by atoms with Crippen molar-refractivity contribution in [1.82, 2.24) is 0 Å². The smallest absolute Gasteiger partial charge is 0.135 e. The van der Waals surface area contributed by atoms with Crippen LogP contribution in [0.2, 0.25) is 0 Å². The molecule has 80 valence electrons. The van der Waals surface area contributed by atoms with Gasteiger partial charge >= 0.3 is 0 Å². The van der Waals surface area contributed by atoms with Gasteiger partial charge in [-0.15, -0.1) is 6.42 Å². The van der Waals surface area contributed by atoms with Crippen molar-refractivity contribution in [2.75, 3.05) is 6.61 Å². The first kappa shape index (κ1) is 11.7. The van der Waals surface area contributed by atoms with Gasteiger partial charge < -0.3 is 4.74 Å². The molecule has 0 saturated carbocycles. The summed E-state index contributed by atoms with van der Waals surface area (Å²) >= 11 is 0. The van der Waals surface area contributed by atoms with Crippen LogP contribution in [0.25, 0.3) is 0 Å². The molecular weight excluding hydrogens is 184 g/mol. The zero-order chi connectivity index (χ0) is 11.3. The average molecular weight is 202 g/mol. The van der Waals surface area contributed by atoms with Gasteiger partial charge in [-0.1, -0.05) is 38.8 Å². The van der Waals surface area contributed by atoms with Gasteiger partial charge in [0.1, 0.15) is 5.75 Å². The molecule has 0 heterocycles. The molecule has 0 aliphatic heterocycles. The van der Waals surface area contributed by atoms with Crippen molar-refractivity contribution < 1.29 is 4.74 Å². The van der Waals surface area contributed by atoms with E-state index < -0.39 is 0 Å². The number of ether oxygens (including phenoxy) is 1. The molecule has 0 atom stereocenters. The first-order valence-corrected chi connectivity index (χ1v) is 5.43. The maximum Gasteiger partial charge on any atom is 0.135 e. The molecule has 1 aromatic rings. The molecule has 1 heteroatoms. The number of rotatable bonds is 4. The molecule has 0 aliphatic carbocycles. The van der Waals surface area contributed by atoms with Gasteiger partial charge in [-0.3, -0.25) is 0 Å². The number of hydrogen-bond acceptors (Lipinski definition) is 1. The van der Waals surface area contributed by atoms with Crippen molar-refractivity contribution in [3.63, 3.8) is 0 Å². The van der Waals surface area contributed by atoms with Crippen LogP contribution < -0.4 is 4.74 Å². The Hall–Kier alpha value is -1.42. The Morgan fingerprint density at radius 3 is 2.67 bits per heavy atom. The molecule has 1 aromatic carbocycles. The minimum atomic E-state index is 0.432. The van der Waals surface area contributed by atoms with E-state index >= 15 is 0 Å². The van der Waals surface area contributed by atoms with Crippen molar-refractivity contribution in [3.8, 4) is 18.1 Å². The van der Waals surface area contributed by atoms with Crippen molar-refractivity contribution in [2.24, 2.45) is 0 Å². The predicted octanol–water partition coefficient (Wildman–Crippen LogP) is 3.58. The standard InChI is InChI=1S/C14H18O/c1-5-10-15-14-9-7-8-13(11(3)4)12(14)6-2/h2,7-9,11H,5,10H2,1,3-4H3. The summed E-state index contributed by atoms with van der Waals surface area (Å²) in [5.74, 6) is 4.00. The third-order valence-corrected chi connectivity index (χ3v) is 2.29. The van der Waals surface area contributed by atoms with Crippen LogP contribution >= 0.6 is 0 Å². The predicted molar refractivity (Wildman–Crippen MR) is 64.3 cm³/mol. The topological polar surface area (TPSA) is 9.23 Å². The molecule has 0 bridgehead atoms. The Morgan fingerprint density at radius 2 is 2.13 bits per heavy atom. The second-order valence-corrected chi connectivity index (χ2v) is 3.87. The first-order chi connectivity index (χ1) is 7.20. The van der Waals surface area contributed by atoms with Crippen molar-refractivity contribution >= 4 is 0 Å². The zero-order valence-electron chi connectivity index (χ0n) is 9.71. The van der Waals surface area contributed by atoms with Crippen LogP contribution in [0.5, 0.6) is 5.75 Å². The zero-order valence-corrected chi connectivity index (χ0v) is 9.71. The SMILES string of the molecule is C#Cc1c(OCCC)cccc1C(C)C. The van der Waals surface area contributed by atoms with Crippen molar-refractivity contribution in [3.05, 3.63) is 29.3 Å². The summed E-state index contributed by atoms with van der Waals surface area (Å²) in [5, 5.41) is 0. The van der Waals surface area contributed by atoms with Gasteiger partial charge in [0.15, 0.2) is 0 Å². The highest BCUT2D eigenvalue weighted by molar-refractivity contribution is 5.51. The van der Waals surface area contributed by atoms with E-state index in [-0.39, 0.29) is 0 Å². The number of terminal acetylenes is 1. The van der Waals surface area contributed by atoms with Gasteiger partial charge in [0.2, 0.25) is 0 Å². The molecule has 0 aliphatic rings. The Morgan fingerprint density at radius 1 is 1.40 bits per heavy atom. The van der Waals surface area contributed by atoms with E-state index in [1.165, 1.54) is 5.56 Å². The summed E-state index contributed by atoms with van der Waals surface area (Å²) in [4.78, 5) is 0. The first-order valence-electron chi connectivity index (χ1n) is 5.43. The van der Waals surface area contributed by atoms with Crippen LogP contribution in [0.1, 0.15) is 44.2 Å². The Balaban J connectivity index is 3.06. The molecule has 1 nitrogen and oxygen atoms in total. The van der Waals surface area contributed by atoms with Crippen LogP contribution in [-0.4, -0.2) is 6.61 Å². The highest BCUT2D eigenvalue weighted by Gasteiger charge is 2.09. The van der Waals surface area contributed by atoms with E-state index in [0.29, 0.717) is 5.92 Å². The van der Waals surface area contributed by atoms with Crippen LogP contribution in [0, 0.1) is 12.3 Å². The maximum atomic E-state index is 5.63. The lowest BCUT2D eigenvalue weighted by atomic mass is 9.97. The van der Waals surface area contributed by atoms with E-state index in [0.717, 1.165) is 24.3 Å². The number of benzene rings is 1. The molecule has 0 saturated heterocycles. The second kappa shape index (κ2) is 5.46. The quantitative estimate of drug-likeness (QED) is 0.678. The van der Waals surface area contributed by atoms with Crippen LogP contribution in [-0.2, 0) is 0 Å². The van der Waals surface area contributed by atoms with E-state index in [9.17, 15) is 0 Å². The fourth-order valence-corrected chi connectivity index (χ4v) is 1.52. The summed E-state index contributed by atoms with van der Waals surface area (Å²) in [6.45, 7) is 7.08. The lowest BCUT2D eigenvalue weighted by Crippen LogP contribution is -2.00. The minimum Gasteiger partial charge on any atom is -0.492 e. The average Bonchev–Trinajstić information content (AvgIpc) is 2.25. The van der Waals surface area contributed by atoms with E-state index in [1.54, 1.807) is 0 Å². The highest BCUT2D eigenvalue weighted by Crippen LogP contribution is 2.27. The van der Waals surface area contributed by atoms with Gasteiger partial charge in [0.25, 0.3) is 0 Å². The van der Waals surface area contributed by atoms with Crippen molar-refractivity contribution in [1.29, 1.82) is 0 Å². The van der Waals surface area contributed by atoms with E-state index in [2.05, 4.69) is 32.8 Å². The summed E-state index contributed by atoms with van der Waals surface area (Å²) < 4.78 is 5.63. The summed E-state index contributed by atoms with van der Waals surface area (Å²) in [6.07, 6.45) is 6.53.